The number of ketones is 1. The fraction of sp³-hybridized carbons (Fsp3) is 0.333. The van der Waals surface area contributed by atoms with E-state index in [0.717, 1.165) is 10.9 Å². The Hall–Kier alpha value is -2.30. The number of benzene rings is 1. The van der Waals surface area contributed by atoms with Crippen LogP contribution in [-0.2, 0) is 11.2 Å². The number of Topliss-reactive ketones (excluding diaryl/α,β-unsaturated/α-hetero) is 1. The summed E-state index contributed by atoms with van der Waals surface area (Å²) in [5.74, 6) is 0.459. The van der Waals surface area contributed by atoms with Gasteiger partial charge >= 0.3 is 0 Å². The number of nitro groups is 1. The van der Waals surface area contributed by atoms with E-state index >= 15 is 0 Å². The van der Waals surface area contributed by atoms with Gasteiger partial charge in [0.2, 0.25) is 0 Å². The van der Waals surface area contributed by atoms with Crippen LogP contribution in [0.1, 0.15) is 25.8 Å². The average Bonchev–Trinajstić information content (AvgIpc) is 2.37. The smallest absolute Gasteiger partial charge is 0.278 e. The highest BCUT2D eigenvalue weighted by Crippen LogP contribution is 2.28. The van der Waals surface area contributed by atoms with Gasteiger partial charge in [0, 0.05) is 31.3 Å². The summed E-state index contributed by atoms with van der Waals surface area (Å²) < 4.78 is 0. The zero-order valence-corrected chi connectivity index (χ0v) is 11.5. The molecule has 2 rings (SSSR count). The predicted octanol–water partition coefficient (Wildman–Crippen LogP) is 3.30. The highest BCUT2D eigenvalue weighted by atomic mass is 16.6. The summed E-state index contributed by atoms with van der Waals surface area (Å²) in [5.41, 5.74) is 0.840. The van der Waals surface area contributed by atoms with Crippen LogP contribution < -0.4 is 0 Å². The van der Waals surface area contributed by atoms with Gasteiger partial charge in [-0.3, -0.25) is 19.9 Å². The number of fused-ring (bicyclic) bond motifs is 1. The summed E-state index contributed by atoms with van der Waals surface area (Å²) in [6.45, 7) is 3.99. The first-order valence-electron chi connectivity index (χ1n) is 6.50. The molecule has 5 heteroatoms. The molecule has 0 fully saturated rings. The molecular formula is C15H16N2O3. The van der Waals surface area contributed by atoms with Crippen LogP contribution in [0.3, 0.4) is 0 Å². The average molecular weight is 272 g/mol. The fourth-order valence-electron chi connectivity index (χ4n) is 2.29. The minimum atomic E-state index is -0.427. The van der Waals surface area contributed by atoms with E-state index in [0.29, 0.717) is 24.1 Å². The van der Waals surface area contributed by atoms with Crippen molar-refractivity contribution in [3.05, 3.63) is 46.3 Å². The third-order valence-electron chi connectivity index (χ3n) is 3.11. The standard InChI is InChI=1S/C15H16N2O3/c1-10(2)7-12(18)8-11-3-4-15(17(19)20)14-9-16-6-5-13(11)14/h3-6,9-10H,7-8H2,1-2H3. The molecule has 1 heterocycles. The molecule has 0 atom stereocenters. The van der Waals surface area contributed by atoms with Gasteiger partial charge in [-0.05, 0) is 22.9 Å². The lowest BCUT2D eigenvalue weighted by molar-refractivity contribution is -0.383. The van der Waals surface area contributed by atoms with Crippen molar-refractivity contribution in [1.82, 2.24) is 4.98 Å². The van der Waals surface area contributed by atoms with E-state index in [4.69, 9.17) is 0 Å². The molecule has 0 amide bonds. The Bertz CT molecular complexity index is 665. The van der Waals surface area contributed by atoms with Gasteiger partial charge in [0.1, 0.15) is 5.78 Å². The predicted molar refractivity (Wildman–Crippen MR) is 76.6 cm³/mol. The van der Waals surface area contributed by atoms with Crippen molar-refractivity contribution >= 4 is 22.2 Å². The normalized spacial score (nSPS) is 10.9. The number of carbonyl (C=O) groups is 1. The van der Waals surface area contributed by atoms with Gasteiger partial charge in [-0.15, -0.1) is 0 Å². The zero-order chi connectivity index (χ0) is 14.7. The number of hydrogen-bond acceptors (Lipinski definition) is 4. The lowest BCUT2D eigenvalue weighted by Gasteiger charge is -2.07. The van der Waals surface area contributed by atoms with E-state index < -0.39 is 4.92 Å². The molecule has 0 unspecified atom stereocenters. The topological polar surface area (TPSA) is 73.1 Å². The molecule has 0 saturated heterocycles. The van der Waals surface area contributed by atoms with Crippen molar-refractivity contribution in [3.8, 4) is 0 Å². The number of nitrogens with zero attached hydrogens (tertiary/aromatic N) is 2. The Morgan fingerprint density at radius 1 is 1.30 bits per heavy atom. The van der Waals surface area contributed by atoms with Gasteiger partial charge in [-0.1, -0.05) is 19.9 Å². The molecule has 0 bridgehead atoms. The highest BCUT2D eigenvalue weighted by molar-refractivity contribution is 5.95. The van der Waals surface area contributed by atoms with Gasteiger partial charge < -0.3 is 0 Å². The monoisotopic (exact) mass is 272 g/mol. The fourth-order valence-corrected chi connectivity index (χ4v) is 2.29. The Balaban J connectivity index is 2.43. The van der Waals surface area contributed by atoms with Crippen LogP contribution in [0.5, 0.6) is 0 Å². The van der Waals surface area contributed by atoms with Gasteiger partial charge in [-0.2, -0.15) is 0 Å². The largest absolute Gasteiger partial charge is 0.299 e. The molecule has 0 aliphatic rings. The van der Waals surface area contributed by atoms with E-state index in [1.54, 1.807) is 18.3 Å². The molecule has 20 heavy (non-hydrogen) atoms. The minimum absolute atomic E-state index is 0.0214. The molecule has 0 radical (unpaired) electrons. The third kappa shape index (κ3) is 2.99. The summed E-state index contributed by atoms with van der Waals surface area (Å²) in [6.07, 6.45) is 3.88. The van der Waals surface area contributed by atoms with E-state index in [9.17, 15) is 14.9 Å². The second-order valence-corrected chi connectivity index (χ2v) is 5.24. The van der Waals surface area contributed by atoms with Crippen LogP contribution >= 0.6 is 0 Å². The molecule has 1 aromatic heterocycles. The molecule has 0 saturated carbocycles. The van der Waals surface area contributed by atoms with E-state index in [1.807, 2.05) is 13.8 Å². The van der Waals surface area contributed by atoms with Gasteiger partial charge in [0.15, 0.2) is 0 Å². The van der Waals surface area contributed by atoms with Crippen molar-refractivity contribution < 1.29 is 9.72 Å². The summed E-state index contributed by atoms with van der Waals surface area (Å²) in [6, 6.07) is 4.83. The summed E-state index contributed by atoms with van der Waals surface area (Å²) in [4.78, 5) is 26.4. The molecule has 0 spiro atoms. The number of hydrogen-bond donors (Lipinski definition) is 0. The quantitative estimate of drug-likeness (QED) is 0.618. The van der Waals surface area contributed by atoms with Crippen LogP contribution in [0.15, 0.2) is 30.6 Å². The molecular weight excluding hydrogens is 256 g/mol. The lowest BCUT2D eigenvalue weighted by atomic mass is 9.97. The Labute approximate surface area is 116 Å². The van der Waals surface area contributed by atoms with Crippen molar-refractivity contribution in [2.75, 3.05) is 0 Å². The van der Waals surface area contributed by atoms with Crippen LogP contribution in [0.4, 0.5) is 5.69 Å². The number of carbonyl (C=O) groups excluding carboxylic acids is 1. The zero-order valence-electron chi connectivity index (χ0n) is 11.5. The Kier molecular flexibility index (Phi) is 4.08. The van der Waals surface area contributed by atoms with Crippen molar-refractivity contribution in [1.29, 1.82) is 0 Å². The van der Waals surface area contributed by atoms with E-state index in [2.05, 4.69) is 4.98 Å². The van der Waals surface area contributed by atoms with Crippen molar-refractivity contribution in [2.24, 2.45) is 5.92 Å². The van der Waals surface area contributed by atoms with Crippen LogP contribution in [0, 0.1) is 16.0 Å². The second-order valence-electron chi connectivity index (χ2n) is 5.24. The second kappa shape index (κ2) is 5.77. The number of rotatable bonds is 5. The maximum Gasteiger partial charge on any atom is 0.278 e. The lowest BCUT2D eigenvalue weighted by Crippen LogP contribution is -2.07. The SMILES string of the molecule is CC(C)CC(=O)Cc1ccc([N+](=O)[O-])c2cnccc12. The van der Waals surface area contributed by atoms with Crippen molar-refractivity contribution in [2.45, 2.75) is 26.7 Å². The first-order valence-corrected chi connectivity index (χ1v) is 6.50. The van der Waals surface area contributed by atoms with E-state index in [-0.39, 0.29) is 11.5 Å². The molecule has 0 aliphatic carbocycles. The maximum atomic E-state index is 11.9. The summed E-state index contributed by atoms with van der Waals surface area (Å²) in [5, 5.41) is 12.2. The number of aromatic nitrogens is 1. The minimum Gasteiger partial charge on any atom is -0.299 e. The molecule has 5 nitrogen and oxygen atoms in total. The van der Waals surface area contributed by atoms with Gasteiger partial charge in [-0.25, -0.2) is 0 Å². The van der Waals surface area contributed by atoms with Crippen molar-refractivity contribution in [3.63, 3.8) is 0 Å². The molecule has 0 aliphatic heterocycles. The van der Waals surface area contributed by atoms with Crippen LogP contribution in [0.2, 0.25) is 0 Å². The third-order valence-corrected chi connectivity index (χ3v) is 3.11. The maximum absolute atomic E-state index is 11.9. The first kappa shape index (κ1) is 14.1. The molecule has 1 aromatic carbocycles. The van der Waals surface area contributed by atoms with Crippen LogP contribution in [0.25, 0.3) is 10.8 Å². The Morgan fingerprint density at radius 2 is 2.05 bits per heavy atom. The molecule has 2 aromatic rings. The number of pyridine rings is 1. The van der Waals surface area contributed by atoms with E-state index in [1.165, 1.54) is 12.3 Å². The number of nitro benzene ring substituents is 1. The van der Waals surface area contributed by atoms with Gasteiger partial charge in [0.25, 0.3) is 5.69 Å². The summed E-state index contributed by atoms with van der Waals surface area (Å²) >= 11 is 0. The van der Waals surface area contributed by atoms with Gasteiger partial charge in [0.05, 0.1) is 10.3 Å². The molecule has 0 N–H and O–H groups in total. The highest BCUT2D eigenvalue weighted by Gasteiger charge is 2.16. The Morgan fingerprint density at radius 3 is 2.70 bits per heavy atom. The first-order chi connectivity index (χ1) is 9.49. The molecule has 104 valence electrons. The number of non-ortho nitro benzene ring substituents is 1. The summed E-state index contributed by atoms with van der Waals surface area (Å²) in [7, 11) is 0. The van der Waals surface area contributed by atoms with Crippen LogP contribution in [-0.4, -0.2) is 15.7 Å².